The summed E-state index contributed by atoms with van der Waals surface area (Å²) in [5.41, 5.74) is 1.66. The van der Waals surface area contributed by atoms with Crippen molar-refractivity contribution in [3.05, 3.63) is 70.5 Å². The molecule has 6 rings (SSSR count). The quantitative estimate of drug-likeness (QED) is 0.469. The number of aromatic amines is 1. The lowest BCUT2D eigenvalue weighted by Crippen LogP contribution is -2.55. The van der Waals surface area contributed by atoms with Gasteiger partial charge in [-0.1, -0.05) is 18.2 Å². The summed E-state index contributed by atoms with van der Waals surface area (Å²) >= 11 is 0. The van der Waals surface area contributed by atoms with E-state index in [1.807, 2.05) is 24.3 Å². The summed E-state index contributed by atoms with van der Waals surface area (Å²) < 4.78 is 30.8. The van der Waals surface area contributed by atoms with Gasteiger partial charge < -0.3 is 10.1 Å². The Morgan fingerprint density at radius 1 is 1.18 bits per heavy atom. The molecule has 2 aliphatic rings. The van der Waals surface area contributed by atoms with E-state index >= 15 is 0 Å². The van der Waals surface area contributed by atoms with E-state index in [-0.39, 0.29) is 28.7 Å². The zero-order valence-electron chi connectivity index (χ0n) is 18.0. The van der Waals surface area contributed by atoms with Crippen LogP contribution in [0.1, 0.15) is 47.8 Å². The molecular weight excluding hydrogens is 444 g/mol. The maximum Gasteiger partial charge on any atom is 0.387 e. The molecule has 3 aromatic heterocycles. The largest absolute Gasteiger partial charge is 0.435 e. The predicted molar refractivity (Wildman–Crippen MR) is 119 cm³/mol. The van der Waals surface area contributed by atoms with Crippen LogP contribution in [-0.4, -0.2) is 38.1 Å². The summed E-state index contributed by atoms with van der Waals surface area (Å²) in [6.45, 7) is -2.92. The van der Waals surface area contributed by atoms with Crippen molar-refractivity contribution in [1.82, 2.24) is 24.9 Å². The minimum absolute atomic E-state index is 0.00899. The molecule has 8 nitrogen and oxygen atoms in total. The molecule has 2 fully saturated rings. The van der Waals surface area contributed by atoms with Crippen LogP contribution in [0.15, 0.2) is 53.6 Å². The number of fused-ring (bicyclic) bond motifs is 2. The molecule has 10 heteroatoms. The van der Waals surface area contributed by atoms with Crippen LogP contribution in [0.4, 0.5) is 8.78 Å². The van der Waals surface area contributed by atoms with Gasteiger partial charge in [-0.15, -0.1) is 0 Å². The second-order valence-electron chi connectivity index (χ2n) is 9.28. The fourth-order valence-corrected chi connectivity index (χ4v) is 5.61. The number of pyridine rings is 1. The first kappa shape index (κ1) is 20.8. The van der Waals surface area contributed by atoms with E-state index in [0.29, 0.717) is 22.6 Å². The van der Waals surface area contributed by atoms with Crippen molar-refractivity contribution in [2.45, 2.75) is 44.3 Å². The van der Waals surface area contributed by atoms with Gasteiger partial charge in [-0.3, -0.25) is 14.0 Å². The van der Waals surface area contributed by atoms with Crippen LogP contribution in [0.2, 0.25) is 0 Å². The van der Waals surface area contributed by atoms with Crippen LogP contribution in [0.3, 0.4) is 0 Å². The van der Waals surface area contributed by atoms with Crippen LogP contribution in [0.5, 0.6) is 5.75 Å². The van der Waals surface area contributed by atoms with E-state index < -0.39 is 6.61 Å². The predicted octanol–water partition coefficient (Wildman–Crippen LogP) is 3.63. The molecule has 4 aromatic rings. The topological polar surface area (TPSA) is 101 Å². The highest BCUT2D eigenvalue weighted by Crippen LogP contribution is 2.62. The van der Waals surface area contributed by atoms with Crippen LogP contribution in [0.25, 0.3) is 16.4 Å². The highest BCUT2D eigenvalue weighted by molar-refractivity contribution is 5.93. The monoisotopic (exact) mass is 465 g/mol. The zero-order valence-corrected chi connectivity index (χ0v) is 18.0. The molecule has 0 saturated heterocycles. The smallest absolute Gasteiger partial charge is 0.387 e. The molecule has 174 valence electrons. The zero-order chi connectivity index (χ0) is 23.4. The first-order chi connectivity index (χ1) is 16.4. The Morgan fingerprint density at radius 2 is 1.94 bits per heavy atom. The molecule has 0 unspecified atom stereocenters. The van der Waals surface area contributed by atoms with E-state index in [4.69, 9.17) is 0 Å². The molecular formula is C24H21F2N5O3. The number of alkyl halides is 2. The molecule has 0 radical (unpaired) electrons. The standard InChI is InChI=1S/C24H21F2N5O3/c25-23(26)34-15-5-6-31-18(12-27-19(31)7-15)22(33)28-14-10-24(11-14)8-13(9-24)20-16-3-1-2-4-17(16)21(32)30-29-20/h1-7,12-14,23H,8-11H2,(H,28,33)(H,30,32)/t13-,14-,24?. The maximum atomic E-state index is 12.8. The Hall–Kier alpha value is -3.82. The number of amides is 1. The summed E-state index contributed by atoms with van der Waals surface area (Å²) in [6, 6.07) is 10.3. The summed E-state index contributed by atoms with van der Waals surface area (Å²) in [6.07, 6.45) is 6.65. The molecule has 1 aromatic carbocycles. The fraction of sp³-hybridized carbons (Fsp3) is 0.333. The lowest BCUT2D eigenvalue weighted by Gasteiger charge is -2.57. The third-order valence-electron chi connectivity index (χ3n) is 7.11. The highest BCUT2D eigenvalue weighted by Gasteiger charge is 2.54. The normalized spacial score (nSPS) is 23.7. The number of hydrogen-bond acceptors (Lipinski definition) is 5. The van der Waals surface area contributed by atoms with Crippen LogP contribution in [-0.2, 0) is 0 Å². The summed E-state index contributed by atoms with van der Waals surface area (Å²) in [7, 11) is 0. The number of halogens is 2. The minimum Gasteiger partial charge on any atom is -0.435 e. The van der Waals surface area contributed by atoms with Gasteiger partial charge in [0.1, 0.15) is 17.1 Å². The fourth-order valence-electron chi connectivity index (χ4n) is 5.61. The Labute approximate surface area is 192 Å². The third kappa shape index (κ3) is 3.41. The SMILES string of the molecule is O=C(N[C@H]1CC2(C1)C[C@H](c1n[nH]c(=O)c3ccccc31)C2)c1cnc2cc(OC(F)F)ccn12. The summed E-state index contributed by atoms with van der Waals surface area (Å²) in [5, 5.41) is 11.6. The van der Waals surface area contributed by atoms with E-state index in [0.717, 1.165) is 36.8 Å². The molecule has 3 heterocycles. The van der Waals surface area contributed by atoms with Gasteiger partial charge in [-0.2, -0.15) is 13.9 Å². The molecule has 0 bridgehead atoms. The number of imidazole rings is 1. The third-order valence-corrected chi connectivity index (χ3v) is 7.11. The maximum absolute atomic E-state index is 12.8. The summed E-state index contributed by atoms with van der Waals surface area (Å²) in [5.74, 6) is 0.0335. The second kappa shape index (κ2) is 7.61. The van der Waals surface area contributed by atoms with E-state index in [2.05, 4.69) is 25.2 Å². The number of nitrogens with zero attached hydrogens (tertiary/aromatic N) is 3. The number of ether oxygens (including phenoxy) is 1. The molecule has 2 aliphatic carbocycles. The Kier molecular flexibility index (Phi) is 4.65. The van der Waals surface area contributed by atoms with E-state index in [1.54, 1.807) is 4.40 Å². The number of carbonyl (C=O) groups excluding carboxylic acids is 1. The first-order valence-electron chi connectivity index (χ1n) is 11.1. The Morgan fingerprint density at radius 3 is 2.71 bits per heavy atom. The highest BCUT2D eigenvalue weighted by atomic mass is 19.3. The molecule has 1 spiro atoms. The van der Waals surface area contributed by atoms with Crippen molar-refractivity contribution in [3.8, 4) is 5.75 Å². The van der Waals surface area contributed by atoms with Gasteiger partial charge in [0.05, 0.1) is 17.3 Å². The van der Waals surface area contributed by atoms with Gasteiger partial charge in [-0.05, 0) is 43.2 Å². The van der Waals surface area contributed by atoms with Crippen molar-refractivity contribution >= 4 is 22.3 Å². The van der Waals surface area contributed by atoms with Gasteiger partial charge in [0, 0.05) is 29.6 Å². The van der Waals surface area contributed by atoms with Crippen molar-refractivity contribution in [1.29, 1.82) is 0 Å². The Balaban J connectivity index is 1.09. The number of rotatable bonds is 5. The molecule has 34 heavy (non-hydrogen) atoms. The van der Waals surface area contributed by atoms with E-state index in [9.17, 15) is 18.4 Å². The van der Waals surface area contributed by atoms with Gasteiger partial charge >= 0.3 is 6.61 Å². The second-order valence-corrected chi connectivity index (χ2v) is 9.28. The minimum atomic E-state index is -2.92. The van der Waals surface area contributed by atoms with Gasteiger partial charge in [0.15, 0.2) is 0 Å². The number of aromatic nitrogens is 4. The van der Waals surface area contributed by atoms with Crippen LogP contribution < -0.4 is 15.6 Å². The molecule has 0 aliphatic heterocycles. The average Bonchev–Trinajstić information content (AvgIpc) is 3.18. The number of hydrogen-bond donors (Lipinski definition) is 2. The van der Waals surface area contributed by atoms with Crippen molar-refractivity contribution in [3.63, 3.8) is 0 Å². The Bertz CT molecular complexity index is 1470. The molecule has 1 amide bonds. The van der Waals surface area contributed by atoms with Crippen molar-refractivity contribution in [2.24, 2.45) is 5.41 Å². The molecule has 0 atom stereocenters. The van der Waals surface area contributed by atoms with Crippen LogP contribution in [0, 0.1) is 5.41 Å². The number of carbonyl (C=O) groups is 1. The van der Waals surface area contributed by atoms with Crippen molar-refractivity contribution in [2.75, 3.05) is 0 Å². The summed E-state index contributed by atoms with van der Waals surface area (Å²) in [4.78, 5) is 29.0. The first-order valence-corrected chi connectivity index (χ1v) is 11.1. The number of H-pyrrole nitrogens is 1. The van der Waals surface area contributed by atoms with Gasteiger partial charge in [0.2, 0.25) is 0 Å². The van der Waals surface area contributed by atoms with Crippen LogP contribution >= 0.6 is 0 Å². The van der Waals surface area contributed by atoms with Gasteiger partial charge in [0.25, 0.3) is 11.5 Å². The van der Waals surface area contributed by atoms with Gasteiger partial charge in [-0.25, -0.2) is 10.1 Å². The average molecular weight is 465 g/mol. The molecule has 2 saturated carbocycles. The lowest BCUT2D eigenvalue weighted by molar-refractivity contribution is -0.0498. The number of benzene rings is 1. The number of nitrogens with one attached hydrogen (secondary N) is 2. The van der Waals surface area contributed by atoms with E-state index in [1.165, 1.54) is 24.5 Å². The lowest BCUT2D eigenvalue weighted by atomic mass is 9.49. The van der Waals surface area contributed by atoms with Crippen molar-refractivity contribution < 1.29 is 18.3 Å². The molecule has 2 N–H and O–H groups in total.